The zero-order chi connectivity index (χ0) is 16.9. The van der Waals surface area contributed by atoms with E-state index >= 15 is 0 Å². The highest BCUT2D eigenvalue weighted by Gasteiger charge is 2.14. The maximum Gasteiger partial charge on any atom is 0.134 e. The summed E-state index contributed by atoms with van der Waals surface area (Å²) in [6, 6.07) is 8.65. The van der Waals surface area contributed by atoms with Crippen molar-refractivity contribution >= 4 is 18.0 Å². The fraction of sp³-hybridized carbons (Fsp3) is 0.300. The van der Waals surface area contributed by atoms with E-state index in [4.69, 9.17) is 10.2 Å². The SMILES string of the molecule is C=C/C=c1/cc(-c2ccc(C)o2)cc(NC2CCNCC2)/c1=C/N. The number of hydrogen-bond donors (Lipinski definition) is 3. The maximum atomic E-state index is 5.92. The van der Waals surface area contributed by atoms with Crippen LogP contribution in [0.3, 0.4) is 0 Å². The van der Waals surface area contributed by atoms with Crippen molar-refractivity contribution in [2.75, 3.05) is 18.4 Å². The number of benzene rings is 1. The molecule has 1 aromatic heterocycles. The third-order valence-corrected chi connectivity index (χ3v) is 4.40. The number of piperidine rings is 1. The minimum Gasteiger partial charge on any atom is -0.461 e. The van der Waals surface area contributed by atoms with Crippen LogP contribution >= 0.6 is 0 Å². The monoisotopic (exact) mass is 323 g/mol. The Labute approximate surface area is 142 Å². The average Bonchev–Trinajstić information content (AvgIpc) is 3.02. The van der Waals surface area contributed by atoms with E-state index in [2.05, 4.69) is 29.3 Å². The second-order valence-electron chi connectivity index (χ2n) is 6.17. The lowest BCUT2D eigenvalue weighted by Gasteiger charge is -2.25. The summed E-state index contributed by atoms with van der Waals surface area (Å²) in [6.07, 6.45) is 7.64. The number of furan rings is 1. The summed E-state index contributed by atoms with van der Waals surface area (Å²) >= 11 is 0. The van der Waals surface area contributed by atoms with Gasteiger partial charge in [0.25, 0.3) is 0 Å². The molecule has 4 nitrogen and oxygen atoms in total. The topological polar surface area (TPSA) is 63.2 Å². The molecule has 1 saturated heterocycles. The molecule has 3 rings (SSSR count). The maximum absolute atomic E-state index is 5.92. The van der Waals surface area contributed by atoms with Crippen LogP contribution in [0.1, 0.15) is 18.6 Å². The summed E-state index contributed by atoms with van der Waals surface area (Å²) in [6.45, 7) is 7.86. The number of hydrogen-bond acceptors (Lipinski definition) is 4. The molecule has 1 fully saturated rings. The van der Waals surface area contributed by atoms with Gasteiger partial charge in [-0.25, -0.2) is 0 Å². The Morgan fingerprint density at radius 3 is 2.71 bits per heavy atom. The molecule has 2 aromatic rings. The molecule has 0 aliphatic carbocycles. The Hall–Kier alpha value is -2.46. The van der Waals surface area contributed by atoms with Crippen molar-refractivity contribution in [1.29, 1.82) is 0 Å². The summed E-state index contributed by atoms with van der Waals surface area (Å²) in [4.78, 5) is 0. The van der Waals surface area contributed by atoms with Crippen molar-refractivity contribution in [3.05, 3.63) is 53.1 Å². The molecule has 0 saturated carbocycles. The van der Waals surface area contributed by atoms with E-state index in [0.29, 0.717) is 6.04 Å². The van der Waals surface area contributed by atoms with Gasteiger partial charge in [0.15, 0.2) is 0 Å². The van der Waals surface area contributed by atoms with Crippen LogP contribution in [-0.4, -0.2) is 19.1 Å². The predicted octanol–water partition coefficient (Wildman–Crippen LogP) is 2.08. The van der Waals surface area contributed by atoms with Crippen LogP contribution < -0.4 is 26.8 Å². The summed E-state index contributed by atoms with van der Waals surface area (Å²) < 4.78 is 5.80. The van der Waals surface area contributed by atoms with Gasteiger partial charge in [-0.1, -0.05) is 18.7 Å². The van der Waals surface area contributed by atoms with Crippen molar-refractivity contribution in [3.63, 3.8) is 0 Å². The Morgan fingerprint density at radius 2 is 2.08 bits per heavy atom. The van der Waals surface area contributed by atoms with Crippen molar-refractivity contribution in [3.8, 4) is 11.3 Å². The van der Waals surface area contributed by atoms with Crippen molar-refractivity contribution in [1.82, 2.24) is 5.32 Å². The summed E-state index contributed by atoms with van der Waals surface area (Å²) in [5.74, 6) is 1.77. The van der Waals surface area contributed by atoms with Crippen LogP contribution in [0.5, 0.6) is 0 Å². The minimum atomic E-state index is 0.454. The van der Waals surface area contributed by atoms with Gasteiger partial charge in [-0.05, 0) is 62.3 Å². The quantitative estimate of drug-likeness (QED) is 0.806. The lowest BCUT2D eigenvalue weighted by atomic mass is 10.0. The zero-order valence-corrected chi connectivity index (χ0v) is 14.1. The van der Waals surface area contributed by atoms with Crippen molar-refractivity contribution < 1.29 is 4.42 Å². The highest BCUT2D eigenvalue weighted by Crippen LogP contribution is 2.22. The number of aryl methyl sites for hydroxylation is 1. The molecule has 24 heavy (non-hydrogen) atoms. The van der Waals surface area contributed by atoms with Crippen molar-refractivity contribution in [2.45, 2.75) is 25.8 Å². The first-order valence-electron chi connectivity index (χ1n) is 8.44. The molecule has 0 spiro atoms. The normalized spacial score (nSPS) is 17.2. The third kappa shape index (κ3) is 3.54. The Balaban J connectivity index is 2.09. The van der Waals surface area contributed by atoms with E-state index in [0.717, 1.165) is 59.1 Å². The van der Waals surface area contributed by atoms with E-state index in [1.165, 1.54) is 0 Å². The average molecular weight is 323 g/mol. The molecule has 1 aliphatic heterocycles. The number of rotatable bonds is 4. The van der Waals surface area contributed by atoms with E-state index in [9.17, 15) is 0 Å². The van der Waals surface area contributed by atoms with Gasteiger partial charge < -0.3 is 20.8 Å². The fourth-order valence-electron chi connectivity index (χ4n) is 3.16. The van der Waals surface area contributed by atoms with Gasteiger partial charge in [0, 0.05) is 28.7 Å². The van der Waals surface area contributed by atoms with Crippen LogP contribution in [0.25, 0.3) is 23.6 Å². The van der Waals surface area contributed by atoms with Gasteiger partial charge in [0.1, 0.15) is 11.5 Å². The van der Waals surface area contributed by atoms with Gasteiger partial charge in [-0.15, -0.1) is 0 Å². The number of nitrogens with two attached hydrogens (primary N) is 1. The van der Waals surface area contributed by atoms with Crippen molar-refractivity contribution in [2.24, 2.45) is 5.73 Å². The van der Waals surface area contributed by atoms with Crippen LogP contribution in [0, 0.1) is 6.92 Å². The second-order valence-corrected chi connectivity index (χ2v) is 6.17. The van der Waals surface area contributed by atoms with E-state index in [-0.39, 0.29) is 0 Å². The highest BCUT2D eigenvalue weighted by atomic mass is 16.3. The Kier molecular flexibility index (Phi) is 5.06. The molecule has 0 unspecified atom stereocenters. The van der Waals surface area contributed by atoms with Gasteiger partial charge >= 0.3 is 0 Å². The molecule has 1 aliphatic rings. The predicted molar refractivity (Wildman–Crippen MR) is 101 cm³/mol. The molecule has 0 bridgehead atoms. The van der Waals surface area contributed by atoms with Crippen LogP contribution in [-0.2, 0) is 0 Å². The molecule has 0 atom stereocenters. The van der Waals surface area contributed by atoms with E-state index in [1.54, 1.807) is 12.3 Å². The van der Waals surface area contributed by atoms with Gasteiger partial charge in [0.05, 0.1) is 0 Å². The van der Waals surface area contributed by atoms with Gasteiger partial charge in [-0.3, -0.25) is 0 Å². The first kappa shape index (κ1) is 16.4. The Morgan fingerprint density at radius 1 is 1.29 bits per heavy atom. The summed E-state index contributed by atoms with van der Waals surface area (Å²) in [7, 11) is 0. The lowest BCUT2D eigenvalue weighted by Crippen LogP contribution is -2.38. The summed E-state index contributed by atoms with van der Waals surface area (Å²) in [5, 5.41) is 9.10. The Bertz CT molecular complexity index is 829. The molecule has 0 amide bonds. The zero-order valence-electron chi connectivity index (χ0n) is 14.1. The molecule has 4 N–H and O–H groups in total. The van der Waals surface area contributed by atoms with Crippen LogP contribution in [0.15, 0.2) is 41.3 Å². The summed E-state index contributed by atoms with van der Waals surface area (Å²) in [5.41, 5.74) is 8.01. The molecule has 0 radical (unpaired) electrons. The third-order valence-electron chi connectivity index (χ3n) is 4.40. The van der Waals surface area contributed by atoms with E-state index in [1.807, 2.05) is 25.1 Å². The molecule has 1 aromatic carbocycles. The molecule has 4 heteroatoms. The first-order valence-corrected chi connectivity index (χ1v) is 8.44. The molecular formula is C20H25N3O. The van der Waals surface area contributed by atoms with Crippen LogP contribution in [0.4, 0.5) is 5.69 Å². The smallest absolute Gasteiger partial charge is 0.134 e. The molecule has 126 valence electrons. The minimum absolute atomic E-state index is 0.454. The lowest BCUT2D eigenvalue weighted by molar-refractivity contribution is 0.479. The molecular weight excluding hydrogens is 298 g/mol. The fourth-order valence-corrected chi connectivity index (χ4v) is 3.16. The number of allylic oxidation sites excluding steroid dienone is 1. The first-order chi connectivity index (χ1) is 11.7. The largest absolute Gasteiger partial charge is 0.461 e. The van der Waals surface area contributed by atoms with Gasteiger partial charge in [0.2, 0.25) is 0 Å². The van der Waals surface area contributed by atoms with E-state index < -0.39 is 0 Å². The second kappa shape index (κ2) is 7.41. The standard InChI is InChI=1S/C20H25N3O/c1-3-4-15-11-16(20-6-5-14(2)24-20)12-19(18(15)13-21)23-17-7-9-22-10-8-17/h3-6,11-13,17,22-23H,1,7-10,21H2,2H3/b15-4-,18-13+. The molecule has 2 heterocycles. The van der Waals surface area contributed by atoms with Gasteiger partial charge in [-0.2, -0.15) is 0 Å². The highest BCUT2D eigenvalue weighted by molar-refractivity contribution is 5.67. The van der Waals surface area contributed by atoms with Crippen LogP contribution in [0.2, 0.25) is 0 Å². The number of nitrogens with one attached hydrogen (secondary N) is 2. The number of anilines is 1.